The van der Waals surface area contributed by atoms with Crippen LogP contribution in [0.15, 0.2) is 0 Å². The van der Waals surface area contributed by atoms with Gasteiger partial charge in [0.25, 0.3) is 0 Å². The molecule has 4 heteroatoms. The molecule has 0 aliphatic heterocycles. The third-order valence-corrected chi connectivity index (χ3v) is 2.38. The Morgan fingerprint density at radius 2 is 1.76 bits per heavy atom. The van der Waals surface area contributed by atoms with Crippen molar-refractivity contribution in [1.82, 2.24) is 0 Å². The van der Waals surface area contributed by atoms with E-state index in [9.17, 15) is 4.79 Å². The number of ether oxygens (including phenoxy) is 1. The number of carbonyl (C=O) groups excluding carboxylic acids is 1. The highest BCUT2D eigenvalue weighted by molar-refractivity contribution is 5.74. The molecule has 0 amide bonds. The summed E-state index contributed by atoms with van der Waals surface area (Å²) >= 11 is 0. The lowest BCUT2D eigenvalue weighted by Gasteiger charge is -2.14. The standard InChI is InChI=1S/C13H26O4/c1-4-7-9-11-15-13(14)12(10-8-5-2)17-16-6-3/h12H,4-11H2,1-3H3. The van der Waals surface area contributed by atoms with Crippen molar-refractivity contribution in [1.29, 1.82) is 0 Å². The topological polar surface area (TPSA) is 44.8 Å². The summed E-state index contributed by atoms with van der Waals surface area (Å²) in [5, 5.41) is 0. The minimum Gasteiger partial charge on any atom is -0.464 e. The third kappa shape index (κ3) is 9.12. The molecule has 0 bridgehead atoms. The molecule has 0 heterocycles. The zero-order valence-corrected chi connectivity index (χ0v) is 11.4. The molecule has 0 aromatic heterocycles. The maximum Gasteiger partial charge on any atom is 0.338 e. The van der Waals surface area contributed by atoms with Gasteiger partial charge in [0.2, 0.25) is 0 Å². The molecular formula is C13H26O4. The Kier molecular flexibility index (Phi) is 11.4. The first-order valence-electron chi connectivity index (χ1n) is 6.71. The molecule has 17 heavy (non-hydrogen) atoms. The highest BCUT2D eigenvalue weighted by atomic mass is 17.2. The average molecular weight is 246 g/mol. The van der Waals surface area contributed by atoms with Gasteiger partial charge in [-0.1, -0.05) is 39.5 Å². The molecule has 0 radical (unpaired) electrons. The van der Waals surface area contributed by atoms with E-state index in [-0.39, 0.29) is 5.97 Å². The quantitative estimate of drug-likeness (QED) is 0.243. The lowest BCUT2D eigenvalue weighted by molar-refractivity contribution is -0.319. The minimum atomic E-state index is -0.573. The minimum absolute atomic E-state index is 0.303. The lowest BCUT2D eigenvalue weighted by Crippen LogP contribution is -2.27. The third-order valence-electron chi connectivity index (χ3n) is 2.38. The van der Waals surface area contributed by atoms with Crippen LogP contribution in [0.25, 0.3) is 0 Å². The molecule has 0 fully saturated rings. The second kappa shape index (κ2) is 11.9. The summed E-state index contributed by atoms with van der Waals surface area (Å²) in [5.74, 6) is -0.303. The zero-order chi connectivity index (χ0) is 12.9. The highest BCUT2D eigenvalue weighted by Gasteiger charge is 2.21. The monoisotopic (exact) mass is 246 g/mol. The normalized spacial score (nSPS) is 12.4. The van der Waals surface area contributed by atoms with Crippen molar-refractivity contribution in [2.75, 3.05) is 13.2 Å². The smallest absolute Gasteiger partial charge is 0.338 e. The predicted molar refractivity (Wildman–Crippen MR) is 66.5 cm³/mol. The van der Waals surface area contributed by atoms with E-state index in [1.807, 2.05) is 6.92 Å². The molecule has 0 aromatic carbocycles. The van der Waals surface area contributed by atoms with E-state index in [4.69, 9.17) is 14.5 Å². The van der Waals surface area contributed by atoms with Crippen molar-refractivity contribution in [2.45, 2.75) is 65.4 Å². The summed E-state index contributed by atoms with van der Waals surface area (Å²) in [6.45, 7) is 6.92. The van der Waals surface area contributed by atoms with Crippen LogP contribution in [0.1, 0.15) is 59.3 Å². The summed E-state index contributed by atoms with van der Waals surface area (Å²) < 4.78 is 5.16. The van der Waals surface area contributed by atoms with E-state index in [0.717, 1.165) is 32.1 Å². The van der Waals surface area contributed by atoms with Crippen molar-refractivity contribution in [2.24, 2.45) is 0 Å². The number of unbranched alkanes of at least 4 members (excludes halogenated alkanes) is 3. The van der Waals surface area contributed by atoms with Crippen LogP contribution in [-0.4, -0.2) is 25.3 Å². The van der Waals surface area contributed by atoms with Crippen molar-refractivity contribution in [3.8, 4) is 0 Å². The fraction of sp³-hybridized carbons (Fsp3) is 0.923. The van der Waals surface area contributed by atoms with Crippen molar-refractivity contribution in [3.63, 3.8) is 0 Å². The summed E-state index contributed by atoms with van der Waals surface area (Å²) in [6, 6.07) is 0. The Morgan fingerprint density at radius 3 is 2.35 bits per heavy atom. The van der Waals surface area contributed by atoms with Gasteiger partial charge in [-0.25, -0.2) is 14.6 Å². The Balaban J connectivity index is 3.85. The van der Waals surface area contributed by atoms with Gasteiger partial charge in [0.1, 0.15) is 0 Å². The van der Waals surface area contributed by atoms with Crippen LogP contribution in [-0.2, 0) is 19.3 Å². The van der Waals surface area contributed by atoms with Gasteiger partial charge in [-0.15, -0.1) is 0 Å². The van der Waals surface area contributed by atoms with Crippen LogP contribution in [0.4, 0.5) is 0 Å². The SMILES string of the molecule is CCCCCOC(=O)C(CCCC)OOCC. The number of carbonyl (C=O) groups is 1. The Bertz CT molecular complexity index is 174. The molecule has 0 spiro atoms. The molecule has 1 atom stereocenters. The Morgan fingerprint density at radius 1 is 1.06 bits per heavy atom. The summed E-state index contributed by atoms with van der Waals surface area (Å²) in [5.41, 5.74) is 0. The number of hydrogen-bond donors (Lipinski definition) is 0. The first-order valence-corrected chi connectivity index (χ1v) is 6.71. The molecule has 0 saturated heterocycles. The van der Waals surface area contributed by atoms with Crippen LogP contribution in [0.5, 0.6) is 0 Å². The van der Waals surface area contributed by atoms with E-state index >= 15 is 0 Å². The summed E-state index contributed by atoms with van der Waals surface area (Å²) in [6.07, 6.45) is 5.15. The molecule has 0 N–H and O–H groups in total. The first kappa shape index (κ1) is 16.4. The molecule has 0 aliphatic carbocycles. The van der Waals surface area contributed by atoms with E-state index < -0.39 is 6.10 Å². The maximum atomic E-state index is 11.7. The summed E-state index contributed by atoms with van der Waals surface area (Å²) in [4.78, 5) is 21.6. The van der Waals surface area contributed by atoms with Crippen LogP contribution >= 0.6 is 0 Å². The van der Waals surface area contributed by atoms with Crippen molar-refractivity contribution >= 4 is 5.97 Å². The predicted octanol–water partition coefficient (Wildman–Crippen LogP) is 3.25. The number of hydrogen-bond acceptors (Lipinski definition) is 4. The highest BCUT2D eigenvalue weighted by Crippen LogP contribution is 2.08. The van der Waals surface area contributed by atoms with Gasteiger partial charge in [0, 0.05) is 0 Å². The van der Waals surface area contributed by atoms with Crippen LogP contribution < -0.4 is 0 Å². The average Bonchev–Trinajstić information content (AvgIpc) is 2.34. The molecule has 0 rings (SSSR count). The van der Waals surface area contributed by atoms with Crippen molar-refractivity contribution in [3.05, 3.63) is 0 Å². The van der Waals surface area contributed by atoms with Gasteiger partial charge in [-0.05, 0) is 19.8 Å². The zero-order valence-electron chi connectivity index (χ0n) is 11.4. The van der Waals surface area contributed by atoms with Gasteiger partial charge in [0.05, 0.1) is 13.2 Å². The molecular weight excluding hydrogens is 220 g/mol. The van der Waals surface area contributed by atoms with Gasteiger partial charge in [-0.2, -0.15) is 0 Å². The Labute approximate surface area is 105 Å². The second-order valence-electron chi connectivity index (χ2n) is 4.01. The molecule has 4 nitrogen and oxygen atoms in total. The molecule has 0 saturated carbocycles. The molecule has 1 unspecified atom stereocenters. The largest absolute Gasteiger partial charge is 0.464 e. The molecule has 102 valence electrons. The van der Waals surface area contributed by atoms with Gasteiger partial charge in [0.15, 0.2) is 6.10 Å². The molecule has 0 aliphatic rings. The Hall–Kier alpha value is -0.610. The van der Waals surface area contributed by atoms with Crippen LogP contribution in [0.2, 0.25) is 0 Å². The lowest BCUT2D eigenvalue weighted by atomic mass is 10.2. The number of rotatable bonds is 11. The van der Waals surface area contributed by atoms with E-state index in [2.05, 4.69) is 13.8 Å². The number of esters is 1. The molecule has 0 aromatic rings. The summed E-state index contributed by atoms with van der Waals surface area (Å²) in [7, 11) is 0. The van der Waals surface area contributed by atoms with Gasteiger partial charge < -0.3 is 4.74 Å². The second-order valence-corrected chi connectivity index (χ2v) is 4.01. The van der Waals surface area contributed by atoms with Crippen LogP contribution in [0.3, 0.4) is 0 Å². The van der Waals surface area contributed by atoms with E-state index in [0.29, 0.717) is 19.6 Å². The first-order chi connectivity index (χ1) is 8.26. The van der Waals surface area contributed by atoms with E-state index in [1.54, 1.807) is 0 Å². The van der Waals surface area contributed by atoms with E-state index in [1.165, 1.54) is 0 Å². The fourth-order valence-electron chi connectivity index (χ4n) is 1.36. The van der Waals surface area contributed by atoms with Crippen LogP contribution in [0, 0.1) is 0 Å². The maximum absolute atomic E-state index is 11.7. The van der Waals surface area contributed by atoms with Gasteiger partial charge in [-0.3, -0.25) is 0 Å². The van der Waals surface area contributed by atoms with Crippen molar-refractivity contribution < 1.29 is 19.3 Å². The van der Waals surface area contributed by atoms with Gasteiger partial charge >= 0.3 is 5.97 Å². The fourth-order valence-corrected chi connectivity index (χ4v) is 1.36.